The Morgan fingerprint density at radius 3 is 2.75 bits per heavy atom. The summed E-state index contributed by atoms with van der Waals surface area (Å²) in [6, 6.07) is 8.87. The second-order valence-electron chi connectivity index (χ2n) is 6.47. The smallest absolute Gasteiger partial charge is 0.305 e. The van der Waals surface area contributed by atoms with E-state index in [1.807, 2.05) is 0 Å². The first-order valence-corrected chi connectivity index (χ1v) is 7.83. The normalized spacial score (nSPS) is 20.8. The van der Waals surface area contributed by atoms with Gasteiger partial charge >= 0.3 is 5.97 Å². The maximum Gasteiger partial charge on any atom is 0.305 e. The van der Waals surface area contributed by atoms with Crippen molar-refractivity contribution in [2.75, 3.05) is 6.61 Å². The third-order valence-corrected chi connectivity index (χ3v) is 4.26. The average Bonchev–Trinajstić information content (AvgIpc) is 2.42. The molecule has 2 bridgehead atoms. The highest BCUT2D eigenvalue weighted by Crippen LogP contribution is 2.30. The van der Waals surface area contributed by atoms with Gasteiger partial charge in [-0.05, 0) is 42.2 Å². The molecular formula is C18H26O2. The predicted molar refractivity (Wildman–Crippen MR) is 81.8 cm³/mol. The van der Waals surface area contributed by atoms with Crippen LogP contribution < -0.4 is 0 Å². The van der Waals surface area contributed by atoms with E-state index < -0.39 is 0 Å². The maximum atomic E-state index is 11.6. The van der Waals surface area contributed by atoms with Crippen molar-refractivity contribution in [2.45, 2.75) is 64.2 Å². The monoisotopic (exact) mass is 274 g/mol. The molecule has 1 aromatic carbocycles. The summed E-state index contributed by atoms with van der Waals surface area (Å²) in [5.74, 6) is -0.0430. The Kier molecular flexibility index (Phi) is 5.22. The molecule has 0 radical (unpaired) electrons. The van der Waals surface area contributed by atoms with E-state index in [4.69, 9.17) is 4.74 Å². The summed E-state index contributed by atoms with van der Waals surface area (Å²) in [7, 11) is 0. The van der Waals surface area contributed by atoms with Crippen LogP contribution in [0.1, 0.15) is 63.5 Å². The molecule has 1 heterocycles. The zero-order valence-electron chi connectivity index (χ0n) is 12.8. The molecular weight excluding hydrogens is 248 g/mol. The van der Waals surface area contributed by atoms with E-state index in [1.54, 1.807) is 0 Å². The first-order chi connectivity index (χ1) is 9.58. The van der Waals surface area contributed by atoms with Crippen molar-refractivity contribution in [1.29, 1.82) is 0 Å². The summed E-state index contributed by atoms with van der Waals surface area (Å²) in [6.45, 7) is 5.25. The van der Waals surface area contributed by atoms with Crippen molar-refractivity contribution >= 4 is 5.97 Å². The molecule has 2 nitrogen and oxygen atoms in total. The van der Waals surface area contributed by atoms with Crippen LogP contribution in [0.5, 0.6) is 0 Å². The van der Waals surface area contributed by atoms with Crippen LogP contribution in [0.2, 0.25) is 0 Å². The Morgan fingerprint density at radius 1 is 1.05 bits per heavy atom. The van der Waals surface area contributed by atoms with Crippen molar-refractivity contribution in [3.8, 4) is 0 Å². The van der Waals surface area contributed by atoms with E-state index in [0.29, 0.717) is 13.0 Å². The molecule has 20 heavy (non-hydrogen) atoms. The Hall–Kier alpha value is -1.31. The Labute approximate surface area is 122 Å². The molecule has 2 heteroatoms. The SMILES string of the molecule is CC1(C)CCCCCOC(=O)CCCc2cccc1c2. The number of rotatable bonds is 0. The molecule has 110 valence electrons. The molecule has 2 rings (SSSR count). The summed E-state index contributed by atoms with van der Waals surface area (Å²) in [5, 5.41) is 0. The highest BCUT2D eigenvalue weighted by molar-refractivity contribution is 5.69. The number of ether oxygens (including phenoxy) is 1. The zero-order valence-corrected chi connectivity index (χ0v) is 12.8. The summed E-state index contributed by atoms with van der Waals surface area (Å²) in [6.07, 6.45) is 6.87. The standard InChI is InChI=1S/C18H26O2/c1-18(2)12-4-3-5-13-20-17(19)11-7-9-15-8-6-10-16(18)14-15/h6,8,10,14H,3-5,7,9,11-13H2,1-2H3. The van der Waals surface area contributed by atoms with Crippen LogP contribution in [-0.4, -0.2) is 12.6 Å². The predicted octanol–water partition coefficient (Wildman–Crippen LogP) is 4.40. The van der Waals surface area contributed by atoms with Crippen molar-refractivity contribution in [3.05, 3.63) is 35.4 Å². The van der Waals surface area contributed by atoms with Crippen molar-refractivity contribution in [1.82, 2.24) is 0 Å². The number of hydrogen-bond acceptors (Lipinski definition) is 2. The molecule has 0 saturated heterocycles. The summed E-state index contributed by atoms with van der Waals surface area (Å²) >= 11 is 0. The lowest BCUT2D eigenvalue weighted by molar-refractivity contribution is -0.143. The molecule has 1 aromatic rings. The van der Waals surface area contributed by atoms with Gasteiger partial charge in [-0.1, -0.05) is 51.0 Å². The largest absolute Gasteiger partial charge is 0.466 e. The molecule has 1 aliphatic heterocycles. The molecule has 0 unspecified atom stereocenters. The summed E-state index contributed by atoms with van der Waals surface area (Å²) in [5.41, 5.74) is 2.99. The van der Waals surface area contributed by atoms with Gasteiger partial charge in [0.25, 0.3) is 0 Å². The third-order valence-electron chi connectivity index (χ3n) is 4.26. The van der Waals surface area contributed by atoms with Crippen LogP contribution in [0.25, 0.3) is 0 Å². The van der Waals surface area contributed by atoms with Gasteiger partial charge in [0, 0.05) is 6.42 Å². The van der Waals surface area contributed by atoms with E-state index in [1.165, 1.54) is 24.0 Å². The highest BCUT2D eigenvalue weighted by atomic mass is 16.5. The van der Waals surface area contributed by atoms with Crippen LogP contribution in [-0.2, 0) is 21.4 Å². The lowest BCUT2D eigenvalue weighted by atomic mass is 9.79. The van der Waals surface area contributed by atoms with Gasteiger partial charge in [0.15, 0.2) is 0 Å². The maximum absolute atomic E-state index is 11.6. The molecule has 0 N–H and O–H groups in total. The molecule has 0 fully saturated rings. The van der Waals surface area contributed by atoms with E-state index in [0.717, 1.165) is 25.7 Å². The number of benzene rings is 1. The molecule has 0 spiro atoms. The minimum Gasteiger partial charge on any atom is -0.466 e. The average molecular weight is 274 g/mol. The van der Waals surface area contributed by atoms with Gasteiger partial charge in [-0.25, -0.2) is 0 Å². The van der Waals surface area contributed by atoms with Crippen molar-refractivity contribution in [3.63, 3.8) is 0 Å². The first-order valence-electron chi connectivity index (χ1n) is 7.83. The van der Waals surface area contributed by atoms with Gasteiger partial charge in [-0.15, -0.1) is 0 Å². The van der Waals surface area contributed by atoms with E-state index in [9.17, 15) is 4.79 Å². The Bertz CT molecular complexity index is 448. The van der Waals surface area contributed by atoms with Gasteiger partial charge in [0.05, 0.1) is 6.61 Å². The van der Waals surface area contributed by atoms with Gasteiger partial charge in [0.2, 0.25) is 0 Å². The van der Waals surface area contributed by atoms with Gasteiger partial charge < -0.3 is 4.74 Å². The number of esters is 1. The van der Waals surface area contributed by atoms with Gasteiger partial charge in [0.1, 0.15) is 0 Å². The second kappa shape index (κ2) is 6.92. The van der Waals surface area contributed by atoms with Crippen molar-refractivity contribution < 1.29 is 9.53 Å². The lowest BCUT2D eigenvalue weighted by Crippen LogP contribution is -2.17. The molecule has 0 aliphatic carbocycles. The molecule has 0 atom stereocenters. The van der Waals surface area contributed by atoms with Gasteiger partial charge in [-0.2, -0.15) is 0 Å². The van der Waals surface area contributed by atoms with Crippen LogP contribution in [0.15, 0.2) is 24.3 Å². The van der Waals surface area contributed by atoms with E-state index in [2.05, 4.69) is 38.1 Å². The lowest BCUT2D eigenvalue weighted by Gasteiger charge is -2.26. The molecule has 1 aliphatic rings. The fourth-order valence-corrected chi connectivity index (χ4v) is 2.83. The molecule has 0 amide bonds. The minimum atomic E-state index is -0.0430. The quantitative estimate of drug-likeness (QED) is 0.655. The number of carbonyl (C=O) groups excluding carboxylic acids is 1. The number of aryl methyl sites for hydroxylation is 1. The number of fused-ring (bicyclic) bond motifs is 2. The Morgan fingerprint density at radius 2 is 1.90 bits per heavy atom. The fourth-order valence-electron chi connectivity index (χ4n) is 2.83. The first kappa shape index (κ1) is 15.1. The number of hydrogen-bond donors (Lipinski definition) is 0. The fraction of sp³-hybridized carbons (Fsp3) is 0.611. The van der Waals surface area contributed by atoms with Crippen LogP contribution in [0.4, 0.5) is 0 Å². The highest BCUT2D eigenvalue weighted by Gasteiger charge is 2.20. The van der Waals surface area contributed by atoms with Crippen LogP contribution in [0.3, 0.4) is 0 Å². The van der Waals surface area contributed by atoms with E-state index in [-0.39, 0.29) is 11.4 Å². The number of cyclic esters (lactones) is 1. The number of carbonyl (C=O) groups is 1. The second-order valence-corrected chi connectivity index (χ2v) is 6.47. The Balaban J connectivity index is 2.12. The molecule has 0 saturated carbocycles. The van der Waals surface area contributed by atoms with Gasteiger partial charge in [-0.3, -0.25) is 4.79 Å². The topological polar surface area (TPSA) is 26.3 Å². The minimum absolute atomic E-state index is 0.0430. The van der Waals surface area contributed by atoms with Crippen LogP contribution in [0, 0.1) is 0 Å². The van der Waals surface area contributed by atoms with Crippen LogP contribution >= 0.6 is 0 Å². The summed E-state index contributed by atoms with van der Waals surface area (Å²) in [4.78, 5) is 11.6. The third kappa shape index (κ3) is 4.36. The van der Waals surface area contributed by atoms with Crippen molar-refractivity contribution in [2.24, 2.45) is 0 Å². The summed E-state index contributed by atoms with van der Waals surface area (Å²) < 4.78 is 5.25. The van der Waals surface area contributed by atoms with E-state index >= 15 is 0 Å². The molecule has 0 aromatic heterocycles. The zero-order chi connectivity index (χ0) is 14.4.